The smallest absolute Gasteiger partial charge is 0.237 e. The van der Waals surface area contributed by atoms with Crippen LogP contribution in [0, 0.1) is 0 Å². The van der Waals surface area contributed by atoms with Crippen LogP contribution >= 0.6 is 23.2 Å². The van der Waals surface area contributed by atoms with E-state index in [0.29, 0.717) is 22.8 Å². The summed E-state index contributed by atoms with van der Waals surface area (Å²) in [5.41, 5.74) is 7.81. The summed E-state index contributed by atoms with van der Waals surface area (Å²) in [4.78, 5) is 23.7. The first-order chi connectivity index (χ1) is 14.5. The Bertz CT molecular complexity index is 1020. The lowest BCUT2D eigenvalue weighted by molar-refractivity contribution is -0.279. The number of hydrogen-bond donors (Lipinski definition) is 1. The van der Waals surface area contributed by atoms with Crippen LogP contribution in [0.5, 0.6) is 0 Å². The number of nitrogens with two attached hydrogens (primary N) is 1. The number of primary amides is 1. The average molecular weight is 449 g/mol. The number of nitrogens with zero attached hydrogens (tertiary/aromatic N) is 5. The van der Waals surface area contributed by atoms with Crippen LogP contribution in [-0.4, -0.2) is 45.5 Å². The van der Waals surface area contributed by atoms with Gasteiger partial charge in [-0.1, -0.05) is 58.7 Å². The van der Waals surface area contributed by atoms with Gasteiger partial charge in [0.25, 0.3) is 0 Å². The summed E-state index contributed by atoms with van der Waals surface area (Å²) in [5, 5.41) is 11.5. The molecule has 1 aromatic heterocycles. The first-order valence-electron chi connectivity index (χ1n) is 9.02. The van der Waals surface area contributed by atoms with E-state index in [4.69, 9.17) is 38.6 Å². The summed E-state index contributed by atoms with van der Waals surface area (Å²) in [6.07, 6.45) is 1.97. The molecular formula is C19H18Cl2N6O3. The largest absolute Gasteiger partial charge is 0.368 e. The predicted octanol–water partition coefficient (Wildman–Crippen LogP) is 2.57. The third-order valence-corrected chi connectivity index (χ3v) is 4.96. The fourth-order valence-electron chi connectivity index (χ4n) is 3.08. The molecule has 1 atom stereocenters. The zero-order valence-electron chi connectivity index (χ0n) is 15.7. The molecule has 1 saturated heterocycles. The standard InChI is InChI=1S/C19H18Cl2N6O3/c20-14-6-7-15(25-10-18(21)23-24-25)16(9-14)26-11-30-27(12-29-26)17(19(22)28)8-13-4-2-1-3-5-13/h1-7,9-10,17H,8,11-12H2,(H2,22,28). The lowest BCUT2D eigenvalue weighted by Crippen LogP contribution is -2.53. The van der Waals surface area contributed by atoms with Gasteiger partial charge in [-0.25, -0.2) is 9.75 Å². The van der Waals surface area contributed by atoms with Crippen molar-refractivity contribution in [1.29, 1.82) is 0 Å². The van der Waals surface area contributed by atoms with Gasteiger partial charge in [-0.15, -0.1) is 10.2 Å². The Balaban J connectivity index is 1.50. The molecule has 1 aliphatic heterocycles. The lowest BCUT2D eigenvalue weighted by atomic mass is 10.1. The van der Waals surface area contributed by atoms with Crippen LogP contribution in [0.3, 0.4) is 0 Å². The number of carbonyl (C=O) groups excluding carboxylic acids is 1. The maximum atomic E-state index is 12.0. The minimum Gasteiger partial charge on any atom is -0.368 e. The molecule has 0 radical (unpaired) electrons. The summed E-state index contributed by atoms with van der Waals surface area (Å²) in [6.45, 7) is -0.00114. The summed E-state index contributed by atoms with van der Waals surface area (Å²) in [5.74, 6) is -0.503. The summed E-state index contributed by atoms with van der Waals surface area (Å²) in [6, 6.07) is 14.1. The molecule has 30 heavy (non-hydrogen) atoms. The minimum atomic E-state index is -0.678. The molecule has 156 valence electrons. The van der Waals surface area contributed by atoms with Gasteiger partial charge in [0, 0.05) is 5.02 Å². The zero-order chi connectivity index (χ0) is 21.1. The molecule has 11 heteroatoms. The van der Waals surface area contributed by atoms with Gasteiger partial charge in [-0.2, -0.15) is 0 Å². The Hall–Kier alpha value is -2.69. The quantitative estimate of drug-likeness (QED) is 0.618. The number of halogens is 2. The summed E-state index contributed by atoms with van der Waals surface area (Å²) < 4.78 is 1.51. The van der Waals surface area contributed by atoms with E-state index in [1.54, 1.807) is 24.4 Å². The van der Waals surface area contributed by atoms with E-state index in [-0.39, 0.29) is 18.6 Å². The molecule has 1 amide bonds. The molecule has 2 aromatic carbocycles. The first-order valence-corrected chi connectivity index (χ1v) is 9.78. The van der Waals surface area contributed by atoms with Gasteiger partial charge < -0.3 is 5.73 Å². The van der Waals surface area contributed by atoms with E-state index in [1.165, 1.54) is 14.8 Å². The molecule has 9 nitrogen and oxygen atoms in total. The number of anilines is 1. The van der Waals surface area contributed by atoms with E-state index >= 15 is 0 Å². The highest BCUT2D eigenvalue weighted by Crippen LogP contribution is 2.30. The third kappa shape index (κ3) is 4.55. The Morgan fingerprint density at radius 2 is 1.90 bits per heavy atom. The van der Waals surface area contributed by atoms with Crippen LogP contribution in [0.25, 0.3) is 5.69 Å². The molecule has 0 bridgehead atoms. The molecule has 2 N–H and O–H groups in total. The highest BCUT2D eigenvalue weighted by Gasteiger charge is 2.31. The fourth-order valence-corrected chi connectivity index (χ4v) is 3.37. The normalized spacial score (nSPS) is 15.9. The molecule has 1 aliphatic rings. The highest BCUT2D eigenvalue weighted by atomic mass is 35.5. The Kier molecular flexibility index (Phi) is 6.16. The van der Waals surface area contributed by atoms with Gasteiger partial charge in [0.15, 0.2) is 18.6 Å². The Labute approximate surface area is 182 Å². The van der Waals surface area contributed by atoms with Crippen LogP contribution in [0.4, 0.5) is 5.69 Å². The maximum absolute atomic E-state index is 12.0. The number of aromatic nitrogens is 3. The first kappa shape index (κ1) is 20.6. The number of amides is 1. The molecule has 0 aliphatic carbocycles. The molecule has 1 fully saturated rings. The summed E-state index contributed by atoms with van der Waals surface area (Å²) in [7, 11) is 0. The van der Waals surface area contributed by atoms with Crippen molar-refractivity contribution < 1.29 is 14.5 Å². The summed E-state index contributed by atoms with van der Waals surface area (Å²) >= 11 is 12.1. The Morgan fingerprint density at radius 1 is 1.10 bits per heavy atom. The topological polar surface area (TPSA) is 98.7 Å². The number of rotatable bonds is 6. The van der Waals surface area contributed by atoms with Gasteiger partial charge >= 0.3 is 0 Å². The minimum absolute atomic E-state index is 0.00827. The molecule has 1 unspecified atom stereocenters. The van der Waals surface area contributed by atoms with Crippen LogP contribution in [0.15, 0.2) is 54.7 Å². The van der Waals surface area contributed by atoms with E-state index < -0.39 is 11.9 Å². The maximum Gasteiger partial charge on any atom is 0.237 e. The van der Waals surface area contributed by atoms with E-state index in [9.17, 15) is 4.79 Å². The second-order valence-electron chi connectivity index (χ2n) is 6.54. The van der Waals surface area contributed by atoms with Crippen LogP contribution in [0.2, 0.25) is 10.2 Å². The van der Waals surface area contributed by atoms with Crippen LogP contribution < -0.4 is 10.8 Å². The fraction of sp³-hybridized carbons (Fsp3) is 0.211. The third-order valence-electron chi connectivity index (χ3n) is 4.55. The van der Waals surface area contributed by atoms with E-state index in [2.05, 4.69) is 10.3 Å². The molecule has 0 spiro atoms. The number of carbonyl (C=O) groups is 1. The van der Waals surface area contributed by atoms with E-state index in [0.717, 1.165) is 5.56 Å². The van der Waals surface area contributed by atoms with Crippen molar-refractivity contribution in [3.05, 3.63) is 70.5 Å². The van der Waals surface area contributed by atoms with E-state index in [1.807, 2.05) is 30.3 Å². The van der Waals surface area contributed by atoms with Gasteiger partial charge in [-0.3, -0.25) is 14.5 Å². The lowest BCUT2D eigenvalue weighted by Gasteiger charge is -2.37. The molecule has 0 saturated carbocycles. The second-order valence-corrected chi connectivity index (χ2v) is 7.36. The SMILES string of the molecule is NC(=O)C(Cc1ccccc1)N1CON(c2cc(Cl)ccc2-n2cc(Cl)nn2)CO1. The van der Waals surface area contributed by atoms with Crippen molar-refractivity contribution in [2.45, 2.75) is 12.5 Å². The number of hydrogen-bond acceptors (Lipinski definition) is 7. The molecular weight excluding hydrogens is 431 g/mol. The Morgan fingerprint density at radius 3 is 2.53 bits per heavy atom. The second kappa shape index (κ2) is 8.99. The van der Waals surface area contributed by atoms with Crippen molar-refractivity contribution in [3.63, 3.8) is 0 Å². The van der Waals surface area contributed by atoms with Gasteiger partial charge in [0.1, 0.15) is 6.04 Å². The van der Waals surface area contributed by atoms with Crippen molar-refractivity contribution in [1.82, 2.24) is 20.1 Å². The van der Waals surface area contributed by atoms with Crippen molar-refractivity contribution >= 4 is 34.8 Å². The predicted molar refractivity (Wildman–Crippen MR) is 111 cm³/mol. The zero-order valence-corrected chi connectivity index (χ0v) is 17.2. The van der Waals surface area contributed by atoms with Gasteiger partial charge in [0.2, 0.25) is 5.91 Å². The van der Waals surface area contributed by atoms with Crippen molar-refractivity contribution in [2.75, 3.05) is 18.5 Å². The van der Waals surface area contributed by atoms with Gasteiger partial charge in [0.05, 0.1) is 17.6 Å². The molecule has 4 rings (SSSR count). The number of benzene rings is 2. The molecule has 2 heterocycles. The van der Waals surface area contributed by atoms with Gasteiger partial charge in [-0.05, 0) is 30.2 Å². The van der Waals surface area contributed by atoms with Crippen molar-refractivity contribution in [2.24, 2.45) is 5.73 Å². The van der Waals surface area contributed by atoms with Crippen LogP contribution in [-0.2, 0) is 20.9 Å². The van der Waals surface area contributed by atoms with Crippen molar-refractivity contribution in [3.8, 4) is 5.69 Å². The highest BCUT2D eigenvalue weighted by molar-refractivity contribution is 6.31. The monoisotopic (exact) mass is 448 g/mol. The number of hydroxylamine groups is 3. The van der Waals surface area contributed by atoms with Crippen LogP contribution in [0.1, 0.15) is 5.56 Å². The average Bonchev–Trinajstić information content (AvgIpc) is 3.19. The molecule has 3 aromatic rings.